The summed E-state index contributed by atoms with van der Waals surface area (Å²) in [5.74, 6) is 1.01. The van der Waals surface area contributed by atoms with Gasteiger partial charge in [0.25, 0.3) is 0 Å². The molecule has 0 amide bonds. The largest absolute Gasteiger partial charge is 0.393 e. The summed E-state index contributed by atoms with van der Waals surface area (Å²) in [5, 5.41) is 17.4. The maximum Gasteiger partial charge on any atom is 0.139 e. The number of amidine groups is 1. The molecule has 2 heterocycles. The maximum atomic E-state index is 9.76. The highest BCUT2D eigenvalue weighted by Crippen LogP contribution is 2.25. The number of nitrogens with one attached hydrogen (secondary N) is 1. The van der Waals surface area contributed by atoms with Crippen molar-refractivity contribution in [3.05, 3.63) is 23.4 Å². The van der Waals surface area contributed by atoms with E-state index >= 15 is 0 Å². The molecule has 18 heavy (non-hydrogen) atoms. The molecule has 1 aromatic rings. The summed E-state index contributed by atoms with van der Waals surface area (Å²) in [6.07, 6.45) is 0.487. The second-order valence-electron chi connectivity index (χ2n) is 5.02. The molecule has 0 spiro atoms. The molecule has 1 fully saturated rings. The van der Waals surface area contributed by atoms with E-state index in [1.165, 1.54) is 0 Å². The van der Waals surface area contributed by atoms with Gasteiger partial charge in [-0.15, -0.1) is 0 Å². The smallest absolute Gasteiger partial charge is 0.139 e. The van der Waals surface area contributed by atoms with Crippen LogP contribution in [0.1, 0.15) is 24.6 Å². The second kappa shape index (κ2) is 4.94. The highest BCUT2D eigenvalue weighted by molar-refractivity contribution is 5.99. The molecule has 0 bridgehead atoms. The number of aromatic nitrogens is 1. The third-order valence-corrected chi connectivity index (χ3v) is 3.46. The van der Waals surface area contributed by atoms with E-state index in [2.05, 4.69) is 9.88 Å². The minimum atomic E-state index is -0.244. The number of nitrogens with two attached hydrogens (primary N) is 1. The molecule has 0 saturated carbocycles. The maximum absolute atomic E-state index is 9.76. The van der Waals surface area contributed by atoms with Crippen LogP contribution in [0.2, 0.25) is 0 Å². The molecule has 4 N–H and O–H groups in total. The number of nitrogen functional groups attached to an aromatic ring is 1. The number of piperidine rings is 1. The van der Waals surface area contributed by atoms with Crippen molar-refractivity contribution in [2.45, 2.75) is 26.4 Å². The van der Waals surface area contributed by atoms with Crippen molar-refractivity contribution in [1.82, 2.24) is 4.98 Å². The van der Waals surface area contributed by atoms with E-state index in [4.69, 9.17) is 11.1 Å². The number of pyridine rings is 1. The van der Waals surface area contributed by atoms with Gasteiger partial charge in [-0.1, -0.05) is 6.92 Å². The van der Waals surface area contributed by atoms with Gasteiger partial charge in [-0.3, -0.25) is 5.41 Å². The molecule has 5 nitrogen and oxygen atoms in total. The molecule has 1 aromatic heterocycles. The molecule has 1 aliphatic heterocycles. The number of nitrogens with zero attached hydrogens (tertiary/aromatic N) is 2. The van der Waals surface area contributed by atoms with Gasteiger partial charge in [-0.25, -0.2) is 4.98 Å². The Morgan fingerprint density at radius 1 is 1.56 bits per heavy atom. The van der Waals surface area contributed by atoms with Gasteiger partial charge in [0.2, 0.25) is 0 Å². The topological polar surface area (TPSA) is 86.2 Å². The first-order valence-corrected chi connectivity index (χ1v) is 6.24. The van der Waals surface area contributed by atoms with Crippen LogP contribution in [0.25, 0.3) is 0 Å². The Bertz CT molecular complexity index is 460. The molecule has 0 radical (unpaired) electrons. The van der Waals surface area contributed by atoms with Crippen LogP contribution in [-0.2, 0) is 0 Å². The van der Waals surface area contributed by atoms with Crippen molar-refractivity contribution in [1.29, 1.82) is 5.41 Å². The van der Waals surface area contributed by atoms with E-state index < -0.39 is 0 Å². The van der Waals surface area contributed by atoms with Gasteiger partial charge < -0.3 is 15.7 Å². The highest BCUT2D eigenvalue weighted by atomic mass is 16.3. The first kappa shape index (κ1) is 12.8. The van der Waals surface area contributed by atoms with Crippen LogP contribution in [0.15, 0.2) is 12.1 Å². The van der Waals surface area contributed by atoms with Crippen LogP contribution >= 0.6 is 0 Å². The van der Waals surface area contributed by atoms with Crippen molar-refractivity contribution in [2.75, 3.05) is 18.0 Å². The van der Waals surface area contributed by atoms with Crippen molar-refractivity contribution in [2.24, 2.45) is 11.7 Å². The number of aliphatic hydroxyl groups excluding tert-OH is 1. The zero-order chi connectivity index (χ0) is 13.3. The molecular weight excluding hydrogens is 228 g/mol. The zero-order valence-electron chi connectivity index (χ0n) is 10.8. The highest BCUT2D eigenvalue weighted by Gasteiger charge is 2.26. The zero-order valence-corrected chi connectivity index (χ0v) is 10.8. The third-order valence-electron chi connectivity index (χ3n) is 3.46. The average Bonchev–Trinajstić information content (AvgIpc) is 2.32. The van der Waals surface area contributed by atoms with Crippen molar-refractivity contribution in [3.63, 3.8) is 0 Å². The standard InChI is InChI=1S/C13H20N4O/c1-8-7-17(6-5-11(8)18)13-10(12(14)15)4-3-9(2)16-13/h3-4,8,11,18H,5-7H2,1-2H3,(H3,14,15). The summed E-state index contributed by atoms with van der Waals surface area (Å²) in [7, 11) is 0. The van der Waals surface area contributed by atoms with Gasteiger partial charge in [-0.2, -0.15) is 0 Å². The fraction of sp³-hybridized carbons (Fsp3) is 0.538. The number of hydrogen-bond donors (Lipinski definition) is 3. The van der Waals surface area contributed by atoms with Crippen LogP contribution in [0.4, 0.5) is 5.82 Å². The summed E-state index contributed by atoms with van der Waals surface area (Å²) in [5.41, 5.74) is 7.18. The number of anilines is 1. The van der Waals surface area contributed by atoms with Gasteiger partial charge in [0, 0.05) is 18.8 Å². The summed E-state index contributed by atoms with van der Waals surface area (Å²) in [6.45, 7) is 5.45. The average molecular weight is 248 g/mol. The van der Waals surface area contributed by atoms with Crippen LogP contribution in [-0.4, -0.2) is 35.1 Å². The summed E-state index contributed by atoms with van der Waals surface area (Å²) in [4.78, 5) is 6.61. The lowest BCUT2D eigenvalue weighted by Gasteiger charge is -2.36. The normalized spacial score (nSPS) is 24.1. The van der Waals surface area contributed by atoms with Crippen molar-refractivity contribution >= 4 is 11.7 Å². The van der Waals surface area contributed by atoms with Gasteiger partial charge in [0.15, 0.2) is 0 Å². The molecule has 5 heteroatoms. The predicted octanol–water partition coefficient (Wildman–Crippen LogP) is 0.881. The number of hydrogen-bond acceptors (Lipinski definition) is 4. The molecule has 0 aliphatic carbocycles. The molecule has 0 aromatic carbocycles. The van der Waals surface area contributed by atoms with Crippen LogP contribution < -0.4 is 10.6 Å². The molecule has 2 rings (SSSR count). The fourth-order valence-corrected chi connectivity index (χ4v) is 2.32. The molecule has 1 aliphatic rings. The first-order chi connectivity index (χ1) is 8.49. The van der Waals surface area contributed by atoms with E-state index in [1.54, 1.807) is 0 Å². The summed E-state index contributed by atoms with van der Waals surface area (Å²) in [6, 6.07) is 3.71. The van der Waals surface area contributed by atoms with Crippen LogP contribution in [0.3, 0.4) is 0 Å². The number of aryl methyl sites for hydroxylation is 1. The van der Waals surface area contributed by atoms with E-state index in [1.807, 2.05) is 26.0 Å². The minimum Gasteiger partial charge on any atom is -0.393 e. The number of aliphatic hydroxyl groups is 1. The summed E-state index contributed by atoms with van der Waals surface area (Å²) < 4.78 is 0. The van der Waals surface area contributed by atoms with Crippen molar-refractivity contribution < 1.29 is 5.11 Å². The Balaban J connectivity index is 2.32. The Hall–Kier alpha value is -1.62. The van der Waals surface area contributed by atoms with E-state index in [-0.39, 0.29) is 17.9 Å². The van der Waals surface area contributed by atoms with Crippen LogP contribution in [0, 0.1) is 18.3 Å². The van der Waals surface area contributed by atoms with Gasteiger partial charge in [0.1, 0.15) is 11.7 Å². The first-order valence-electron chi connectivity index (χ1n) is 6.24. The van der Waals surface area contributed by atoms with E-state index in [9.17, 15) is 5.11 Å². The quantitative estimate of drug-likeness (QED) is 0.535. The molecule has 2 unspecified atom stereocenters. The fourth-order valence-electron chi connectivity index (χ4n) is 2.32. The van der Waals surface area contributed by atoms with Crippen LogP contribution in [0.5, 0.6) is 0 Å². The summed E-state index contributed by atoms with van der Waals surface area (Å²) >= 11 is 0. The number of rotatable bonds is 2. The Kier molecular flexibility index (Phi) is 3.52. The van der Waals surface area contributed by atoms with E-state index in [0.29, 0.717) is 5.56 Å². The second-order valence-corrected chi connectivity index (χ2v) is 5.02. The monoisotopic (exact) mass is 248 g/mol. The predicted molar refractivity (Wildman–Crippen MR) is 72.0 cm³/mol. The third kappa shape index (κ3) is 2.46. The Labute approximate surface area is 107 Å². The van der Waals surface area contributed by atoms with Crippen molar-refractivity contribution in [3.8, 4) is 0 Å². The van der Waals surface area contributed by atoms with Gasteiger partial charge in [0.05, 0.1) is 11.7 Å². The Morgan fingerprint density at radius 3 is 2.89 bits per heavy atom. The van der Waals surface area contributed by atoms with Gasteiger partial charge in [-0.05, 0) is 31.4 Å². The van der Waals surface area contributed by atoms with Gasteiger partial charge >= 0.3 is 0 Å². The lowest BCUT2D eigenvalue weighted by atomic mass is 9.96. The molecule has 2 atom stereocenters. The minimum absolute atomic E-state index is 0.0382. The molecule has 98 valence electrons. The molecular formula is C13H20N4O. The SMILES string of the molecule is Cc1ccc(C(=N)N)c(N2CCC(O)C(C)C2)n1. The lowest BCUT2D eigenvalue weighted by molar-refractivity contribution is 0.0969. The lowest BCUT2D eigenvalue weighted by Crippen LogP contribution is -2.43. The van der Waals surface area contributed by atoms with E-state index in [0.717, 1.165) is 31.0 Å². The molecule has 1 saturated heterocycles. The Morgan fingerprint density at radius 2 is 2.28 bits per heavy atom.